The molecule has 6 heteroatoms. The summed E-state index contributed by atoms with van der Waals surface area (Å²) in [4.78, 5) is 4.20. The molecule has 2 N–H and O–H groups in total. The Morgan fingerprint density at radius 3 is 2.91 bits per heavy atom. The Morgan fingerprint density at radius 2 is 2.17 bits per heavy atom. The molecule has 0 aromatic heterocycles. The molecule has 126 valence electrons. The highest BCUT2D eigenvalue weighted by atomic mass is 16.3. The van der Waals surface area contributed by atoms with Gasteiger partial charge in [0, 0.05) is 65.1 Å². The Hall–Kier alpha value is -2.37. The van der Waals surface area contributed by atoms with E-state index < -0.39 is 0 Å². The number of fused-ring (bicyclic) bond motifs is 1. The highest BCUT2D eigenvalue weighted by Crippen LogP contribution is 2.36. The first kappa shape index (κ1) is 17.0. The van der Waals surface area contributed by atoms with Crippen LogP contribution < -0.4 is 15.2 Å². The summed E-state index contributed by atoms with van der Waals surface area (Å²) in [6, 6.07) is 3.89. The van der Waals surface area contributed by atoms with Crippen molar-refractivity contribution in [1.82, 2.24) is 10.2 Å². The number of benzene rings is 1. The third-order valence-electron chi connectivity index (χ3n) is 4.00. The molecular weight excluding hydrogens is 290 g/mol. The smallest absolute Gasteiger partial charge is 0.142 e. The molecule has 1 aromatic rings. The van der Waals surface area contributed by atoms with Crippen LogP contribution in [0, 0.1) is 0 Å². The molecule has 1 aliphatic rings. The summed E-state index contributed by atoms with van der Waals surface area (Å²) >= 11 is 0. The Balaban J connectivity index is 2.07. The first-order chi connectivity index (χ1) is 11.0. The van der Waals surface area contributed by atoms with Gasteiger partial charge in [0.25, 0.3) is 0 Å². The molecule has 1 aliphatic heterocycles. The van der Waals surface area contributed by atoms with Crippen LogP contribution in [0.25, 0.3) is 0 Å². The van der Waals surface area contributed by atoms with E-state index in [9.17, 15) is 5.11 Å². The van der Waals surface area contributed by atoms with Gasteiger partial charge in [-0.1, -0.05) is 0 Å². The average Bonchev–Trinajstić information content (AvgIpc) is 2.53. The quantitative estimate of drug-likeness (QED) is 0.619. The highest BCUT2D eigenvalue weighted by molar-refractivity contribution is 5.71. The number of aromatic hydroxyl groups is 1. The first-order valence-corrected chi connectivity index (χ1v) is 7.90. The Kier molecular flexibility index (Phi) is 5.73. The molecular formula is C17H27N5O. The number of phenols is 1. The van der Waals surface area contributed by atoms with Crippen molar-refractivity contribution in [3.63, 3.8) is 0 Å². The summed E-state index contributed by atoms with van der Waals surface area (Å²) in [6.07, 6.45) is 7.82. The minimum Gasteiger partial charge on any atom is -0.506 e. The molecule has 6 nitrogen and oxygen atoms in total. The second kappa shape index (κ2) is 7.76. The molecule has 1 heterocycles. The summed E-state index contributed by atoms with van der Waals surface area (Å²) in [5, 5.41) is 19.4. The standard InChI is InChI=1S/C17H27N5O/c1-18-7-10-20(2)11-8-19-22(4)16-12-14-6-5-9-21(3)15(14)13-17(16)23/h7-8,10,12-13,18,23H,5-6,9,11H2,1-4H3/b10-7-,19-8+. The SMILES string of the molecule is CN/C=C\N(C)C/C=N/N(C)c1cc2c(cc1O)N(C)CCC2. The van der Waals surface area contributed by atoms with Gasteiger partial charge in [0.15, 0.2) is 0 Å². The van der Waals surface area contributed by atoms with Gasteiger partial charge in [0.2, 0.25) is 0 Å². The van der Waals surface area contributed by atoms with Crippen LogP contribution in [-0.2, 0) is 6.42 Å². The van der Waals surface area contributed by atoms with E-state index in [-0.39, 0.29) is 5.75 Å². The molecule has 0 fully saturated rings. The van der Waals surface area contributed by atoms with Crippen molar-refractivity contribution in [2.75, 3.05) is 51.2 Å². The lowest BCUT2D eigenvalue weighted by atomic mass is 10.0. The molecule has 2 rings (SSSR count). The fourth-order valence-electron chi connectivity index (χ4n) is 2.66. The second-order valence-corrected chi connectivity index (χ2v) is 5.86. The van der Waals surface area contributed by atoms with Crippen molar-refractivity contribution < 1.29 is 5.11 Å². The van der Waals surface area contributed by atoms with Gasteiger partial charge in [-0.15, -0.1) is 0 Å². The maximum absolute atomic E-state index is 10.3. The largest absolute Gasteiger partial charge is 0.506 e. The van der Waals surface area contributed by atoms with E-state index in [1.807, 2.05) is 56.8 Å². The van der Waals surface area contributed by atoms with Gasteiger partial charge in [0.1, 0.15) is 11.4 Å². The fraction of sp³-hybridized carbons (Fsp3) is 0.471. The molecule has 0 bridgehead atoms. The number of hydrogen-bond donors (Lipinski definition) is 2. The van der Waals surface area contributed by atoms with Gasteiger partial charge in [-0.25, -0.2) is 0 Å². The predicted octanol–water partition coefficient (Wildman–Crippen LogP) is 1.82. The number of rotatable bonds is 6. The Morgan fingerprint density at radius 1 is 1.39 bits per heavy atom. The lowest BCUT2D eigenvalue weighted by Gasteiger charge is -2.29. The van der Waals surface area contributed by atoms with Crippen molar-refractivity contribution >= 4 is 17.6 Å². The second-order valence-electron chi connectivity index (χ2n) is 5.86. The molecule has 0 unspecified atom stereocenters. The number of aryl methyl sites for hydroxylation is 1. The zero-order valence-electron chi connectivity index (χ0n) is 14.5. The van der Waals surface area contributed by atoms with Gasteiger partial charge < -0.3 is 20.2 Å². The third kappa shape index (κ3) is 4.31. The van der Waals surface area contributed by atoms with Crippen LogP contribution in [0.4, 0.5) is 11.4 Å². The maximum atomic E-state index is 10.3. The number of anilines is 2. The van der Waals surface area contributed by atoms with Gasteiger partial charge in [0.05, 0.1) is 6.54 Å². The molecule has 0 amide bonds. The number of hydrogen-bond acceptors (Lipinski definition) is 6. The summed E-state index contributed by atoms with van der Waals surface area (Å²) in [5.74, 6) is 0.264. The third-order valence-corrected chi connectivity index (χ3v) is 4.00. The minimum atomic E-state index is 0.264. The topological polar surface area (TPSA) is 54.3 Å². The molecule has 0 saturated heterocycles. The van der Waals surface area contributed by atoms with Gasteiger partial charge in [-0.3, -0.25) is 5.01 Å². The van der Waals surface area contributed by atoms with Crippen molar-refractivity contribution in [3.05, 3.63) is 30.1 Å². The molecule has 0 saturated carbocycles. The summed E-state index contributed by atoms with van der Waals surface area (Å²) in [7, 11) is 7.76. The van der Waals surface area contributed by atoms with E-state index in [0.717, 1.165) is 30.8 Å². The normalized spacial score (nSPS) is 14.3. The fourth-order valence-corrected chi connectivity index (χ4v) is 2.66. The summed E-state index contributed by atoms with van der Waals surface area (Å²) < 4.78 is 0. The van der Waals surface area contributed by atoms with Crippen LogP contribution in [-0.4, -0.2) is 57.5 Å². The molecule has 23 heavy (non-hydrogen) atoms. The number of nitrogens with one attached hydrogen (secondary N) is 1. The molecule has 1 aromatic carbocycles. The van der Waals surface area contributed by atoms with Gasteiger partial charge in [-0.05, 0) is 24.5 Å². The molecule has 0 atom stereocenters. The number of nitrogens with zero attached hydrogens (tertiary/aromatic N) is 4. The van der Waals surface area contributed by atoms with E-state index in [4.69, 9.17) is 0 Å². The van der Waals surface area contributed by atoms with Crippen LogP contribution in [0.3, 0.4) is 0 Å². The lowest BCUT2D eigenvalue weighted by Crippen LogP contribution is -2.25. The molecule has 0 radical (unpaired) electrons. The zero-order valence-corrected chi connectivity index (χ0v) is 14.5. The molecule has 0 aliphatic carbocycles. The molecule has 0 spiro atoms. The Labute approximate surface area is 138 Å². The van der Waals surface area contributed by atoms with Crippen LogP contribution >= 0.6 is 0 Å². The van der Waals surface area contributed by atoms with Crippen LogP contribution in [0.15, 0.2) is 29.6 Å². The van der Waals surface area contributed by atoms with E-state index in [2.05, 4.69) is 22.4 Å². The van der Waals surface area contributed by atoms with E-state index in [1.54, 1.807) is 5.01 Å². The number of hydrazone groups is 1. The van der Waals surface area contributed by atoms with Crippen molar-refractivity contribution in [3.8, 4) is 5.75 Å². The van der Waals surface area contributed by atoms with Crippen LogP contribution in [0.2, 0.25) is 0 Å². The predicted molar refractivity (Wildman–Crippen MR) is 97.4 cm³/mol. The first-order valence-electron chi connectivity index (χ1n) is 7.90. The van der Waals surface area contributed by atoms with Crippen molar-refractivity contribution in [1.29, 1.82) is 0 Å². The minimum absolute atomic E-state index is 0.264. The maximum Gasteiger partial charge on any atom is 0.142 e. The zero-order chi connectivity index (χ0) is 16.8. The Bertz CT molecular complexity index is 585. The lowest BCUT2D eigenvalue weighted by molar-refractivity contribution is 0.474. The van der Waals surface area contributed by atoms with Crippen molar-refractivity contribution in [2.24, 2.45) is 5.10 Å². The monoisotopic (exact) mass is 317 g/mol. The van der Waals surface area contributed by atoms with E-state index in [1.165, 1.54) is 5.56 Å². The van der Waals surface area contributed by atoms with Crippen molar-refractivity contribution in [2.45, 2.75) is 12.8 Å². The van der Waals surface area contributed by atoms with E-state index >= 15 is 0 Å². The van der Waals surface area contributed by atoms with Crippen LogP contribution in [0.1, 0.15) is 12.0 Å². The van der Waals surface area contributed by atoms with Gasteiger partial charge in [-0.2, -0.15) is 5.10 Å². The summed E-state index contributed by atoms with van der Waals surface area (Å²) in [5.41, 5.74) is 3.12. The van der Waals surface area contributed by atoms with Gasteiger partial charge >= 0.3 is 0 Å². The average molecular weight is 317 g/mol. The van der Waals surface area contributed by atoms with Crippen LogP contribution in [0.5, 0.6) is 5.75 Å². The number of phenolic OH excluding ortho intramolecular Hbond substituents is 1. The summed E-state index contributed by atoms with van der Waals surface area (Å²) in [6.45, 7) is 1.73. The van der Waals surface area contributed by atoms with E-state index in [0.29, 0.717) is 6.54 Å². The highest BCUT2D eigenvalue weighted by Gasteiger charge is 2.18.